The second-order valence-electron chi connectivity index (χ2n) is 10.2. The molecule has 36 heavy (non-hydrogen) atoms. The topological polar surface area (TPSA) is 103 Å². The number of fused-ring (bicyclic) bond motifs is 3. The third-order valence-corrected chi connectivity index (χ3v) is 7.40. The summed E-state index contributed by atoms with van der Waals surface area (Å²) in [6.07, 6.45) is 4.55. The van der Waals surface area contributed by atoms with Gasteiger partial charge in [0.2, 0.25) is 5.88 Å². The maximum Gasteiger partial charge on any atom is 0.410 e. The van der Waals surface area contributed by atoms with Crippen molar-refractivity contribution in [3.05, 3.63) is 42.1 Å². The van der Waals surface area contributed by atoms with E-state index in [1.807, 2.05) is 24.6 Å². The zero-order valence-electron chi connectivity index (χ0n) is 20.1. The van der Waals surface area contributed by atoms with Gasteiger partial charge in [-0.05, 0) is 38.0 Å². The number of nitrogens with zero attached hydrogens (tertiary/aromatic N) is 5. The number of aromatic nitrogens is 3. The van der Waals surface area contributed by atoms with E-state index in [9.17, 15) is 9.18 Å². The highest BCUT2D eigenvalue weighted by Crippen LogP contribution is 2.41. The van der Waals surface area contributed by atoms with Crippen LogP contribution in [0.2, 0.25) is 0 Å². The van der Waals surface area contributed by atoms with Crippen LogP contribution in [0.5, 0.6) is 5.88 Å². The van der Waals surface area contributed by atoms with Gasteiger partial charge in [-0.3, -0.25) is 0 Å². The molecule has 2 unspecified atom stereocenters. The SMILES string of the molecule is Cn1cc(-c2ccc(C#N)cc2F)c2ncnc(OC3C4COCC3CN(C(=O)OC3(C)CC3)C4)c21. The number of carbonyl (C=O) groups is 1. The minimum absolute atomic E-state index is 0.0298. The van der Waals surface area contributed by atoms with Gasteiger partial charge in [-0.25, -0.2) is 14.2 Å². The smallest absolute Gasteiger partial charge is 0.410 e. The van der Waals surface area contributed by atoms with Crippen molar-refractivity contribution in [3.8, 4) is 23.1 Å². The van der Waals surface area contributed by atoms with Gasteiger partial charge in [0.25, 0.3) is 0 Å². The lowest BCUT2D eigenvalue weighted by Gasteiger charge is -2.46. The highest BCUT2D eigenvalue weighted by atomic mass is 19.1. The van der Waals surface area contributed by atoms with Gasteiger partial charge in [-0.15, -0.1) is 0 Å². The lowest BCUT2D eigenvalue weighted by molar-refractivity contribution is -0.111. The minimum Gasteiger partial charge on any atom is -0.472 e. The summed E-state index contributed by atoms with van der Waals surface area (Å²) >= 11 is 0. The van der Waals surface area contributed by atoms with Crippen LogP contribution in [0.1, 0.15) is 25.3 Å². The second kappa shape index (κ2) is 8.45. The standard InChI is InChI=1S/C26H26FN5O4/c1-26(5-6-26)36-25(33)32-9-16-12-34-13-17(10-32)23(16)35-24-22-21(29-14-30-24)19(11-31(22)2)18-4-3-15(8-28)7-20(18)27/h3-4,7,11,14,16-17,23H,5-6,9-10,12-13H2,1-2H3. The Labute approximate surface area is 207 Å². The lowest BCUT2D eigenvalue weighted by Crippen LogP contribution is -2.59. The third-order valence-electron chi connectivity index (χ3n) is 7.40. The summed E-state index contributed by atoms with van der Waals surface area (Å²) in [5.41, 5.74) is 2.10. The van der Waals surface area contributed by atoms with E-state index in [2.05, 4.69) is 9.97 Å². The van der Waals surface area contributed by atoms with Crippen molar-refractivity contribution in [2.75, 3.05) is 26.3 Å². The molecule has 3 fully saturated rings. The van der Waals surface area contributed by atoms with Crippen molar-refractivity contribution < 1.29 is 23.4 Å². The number of amides is 1. The van der Waals surface area contributed by atoms with E-state index in [-0.39, 0.29) is 35.2 Å². The van der Waals surface area contributed by atoms with Crippen molar-refractivity contribution in [3.63, 3.8) is 0 Å². The Morgan fingerprint density at radius 1 is 1.22 bits per heavy atom. The molecule has 3 aliphatic rings. The first-order valence-electron chi connectivity index (χ1n) is 12.1. The molecule has 1 saturated carbocycles. The number of hydrogen-bond acceptors (Lipinski definition) is 7. The highest BCUT2D eigenvalue weighted by molar-refractivity contribution is 5.95. The average Bonchev–Trinajstić information content (AvgIpc) is 3.48. The maximum absolute atomic E-state index is 14.8. The van der Waals surface area contributed by atoms with Gasteiger partial charge in [0, 0.05) is 49.3 Å². The molecule has 2 atom stereocenters. The Bertz CT molecular complexity index is 1380. The molecule has 2 bridgehead atoms. The molecule has 0 spiro atoms. The van der Waals surface area contributed by atoms with E-state index >= 15 is 0 Å². The predicted octanol–water partition coefficient (Wildman–Crippen LogP) is 3.66. The molecule has 4 heterocycles. The second-order valence-corrected chi connectivity index (χ2v) is 10.2. The molecule has 2 aliphatic heterocycles. The summed E-state index contributed by atoms with van der Waals surface area (Å²) in [6.45, 7) is 3.89. The number of rotatable bonds is 4. The first-order chi connectivity index (χ1) is 17.3. The molecule has 1 aromatic carbocycles. The van der Waals surface area contributed by atoms with Crippen molar-refractivity contribution in [2.24, 2.45) is 18.9 Å². The van der Waals surface area contributed by atoms with Crippen LogP contribution in [0.3, 0.4) is 0 Å². The lowest BCUT2D eigenvalue weighted by atomic mass is 9.84. The molecule has 1 aliphatic carbocycles. The number of aryl methyl sites for hydroxylation is 1. The first-order valence-corrected chi connectivity index (χ1v) is 12.1. The van der Waals surface area contributed by atoms with Crippen LogP contribution < -0.4 is 4.74 Å². The Morgan fingerprint density at radius 2 is 1.97 bits per heavy atom. The van der Waals surface area contributed by atoms with Gasteiger partial charge >= 0.3 is 6.09 Å². The van der Waals surface area contributed by atoms with Gasteiger partial charge in [-0.2, -0.15) is 10.2 Å². The number of ether oxygens (including phenoxy) is 3. The summed E-state index contributed by atoms with van der Waals surface area (Å²) in [5, 5.41) is 9.06. The fourth-order valence-electron chi connectivity index (χ4n) is 5.21. The fourth-order valence-corrected chi connectivity index (χ4v) is 5.21. The Morgan fingerprint density at radius 3 is 2.64 bits per heavy atom. The molecule has 0 N–H and O–H groups in total. The van der Waals surface area contributed by atoms with Crippen LogP contribution in [-0.2, 0) is 16.5 Å². The molecule has 2 aromatic heterocycles. The maximum atomic E-state index is 14.8. The minimum atomic E-state index is -0.492. The molecule has 3 aromatic rings. The zero-order chi connectivity index (χ0) is 25.0. The zero-order valence-corrected chi connectivity index (χ0v) is 20.1. The quantitative estimate of drug-likeness (QED) is 0.549. The van der Waals surface area contributed by atoms with Crippen LogP contribution in [0.25, 0.3) is 22.2 Å². The molecule has 9 nitrogen and oxygen atoms in total. The number of halogens is 1. The van der Waals surface area contributed by atoms with Crippen LogP contribution in [0, 0.1) is 29.0 Å². The normalized spacial score (nSPS) is 24.3. The Hall–Kier alpha value is -3.71. The first kappa shape index (κ1) is 22.7. The molecule has 186 valence electrons. The van der Waals surface area contributed by atoms with Crippen molar-refractivity contribution in [1.82, 2.24) is 19.4 Å². The number of piperidine rings is 1. The number of benzene rings is 1. The van der Waals surface area contributed by atoms with Gasteiger partial charge in [0.05, 0.1) is 24.8 Å². The molecular weight excluding hydrogens is 465 g/mol. The molecule has 1 amide bonds. The number of carbonyl (C=O) groups excluding carboxylic acids is 1. The van der Waals surface area contributed by atoms with E-state index in [4.69, 9.17) is 19.5 Å². The summed E-state index contributed by atoms with van der Waals surface area (Å²) < 4.78 is 34.6. The molecule has 10 heteroatoms. The van der Waals surface area contributed by atoms with Gasteiger partial charge in [-0.1, -0.05) is 0 Å². The number of likely N-dealkylation sites (tertiary alicyclic amines) is 1. The predicted molar refractivity (Wildman–Crippen MR) is 127 cm³/mol. The summed E-state index contributed by atoms with van der Waals surface area (Å²) in [5.74, 6) is -0.143. The van der Waals surface area contributed by atoms with Crippen LogP contribution in [-0.4, -0.2) is 63.5 Å². The van der Waals surface area contributed by atoms with Crippen LogP contribution in [0.4, 0.5) is 9.18 Å². The summed E-state index contributed by atoms with van der Waals surface area (Å²) in [4.78, 5) is 23.3. The Balaban J connectivity index is 1.28. The van der Waals surface area contributed by atoms with Gasteiger partial charge < -0.3 is 23.7 Å². The monoisotopic (exact) mass is 491 g/mol. The molecule has 0 radical (unpaired) electrons. The van der Waals surface area contributed by atoms with Crippen molar-refractivity contribution in [2.45, 2.75) is 31.5 Å². The summed E-state index contributed by atoms with van der Waals surface area (Å²) in [7, 11) is 1.84. The number of hydrogen-bond donors (Lipinski definition) is 0. The van der Waals surface area contributed by atoms with Crippen molar-refractivity contribution >= 4 is 17.1 Å². The van der Waals surface area contributed by atoms with Gasteiger partial charge in [0.15, 0.2) is 0 Å². The van der Waals surface area contributed by atoms with E-state index in [1.54, 1.807) is 23.2 Å². The molecular formula is C26H26FN5O4. The van der Waals surface area contributed by atoms with Crippen molar-refractivity contribution in [1.29, 1.82) is 5.26 Å². The molecule has 2 saturated heterocycles. The van der Waals surface area contributed by atoms with Crippen LogP contribution >= 0.6 is 0 Å². The average molecular weight is 492 g/mol. The fraction of sp³-hybridized carbons (Fsp3) is 0.462. The summed E-state index contributed by atoms with van der Waals surface area (Å²) in [6, 6.07) is 6.34. The van der Waals surface area contributed by atoms with E-state index in [1.165, 1.54) is 12.4 Å². The van der Waals surface area contributed by atoms with E-state index in [0.29, 0.717) is 54.3 Å². The largest absolute Gasteiger partial charge is 0.472 e. The highest BCUT2D eigenvalue weighted by Gasteiger charge is 2.47. The Kier molecular flexibility index (Phi) is 5.34. The van der Waals surface area contributed by atoms with E-state index < -0.39 is 5.82 Å². The molecule has 6 rings (SSSR count). The van der Waals surface area contributed by atoms with E-state index in [0.717, 1.165) is 12.8 Å². The third kappa shape index (κ3) is 3.93. The van der Waals surface area contributed by atoms with Crippen LogP contribution in [0.15, 0.2) is 30.7 Å². The number of nitriles is 1. The van der Waals surface area contributed by atoms with Gasteiger partial charge in [0.1, 0.15) is 34.9 Å².